The molecule has 1 fully saturated rings. The van der Waals surface area contributed by atoms with Crippen LogP contribution in [0.4, 0.5) is 17.1 Å². The highest BCUT2D eigenvalue weighted by atomic mass is 16.6. The molecule has 1 aliphatic heterocycles. The van der Waals surface area contributed by atoms with Gasteiger partial charge in [0.1, 0.15) is 11.4 Å². The van der Waals surface area contributed by atoms with E-state index in [0.29, 0.717) is 12.2 Å². The number of hydrogen-bond acceptors (Lipinski definition) is 4. The van der Waals surface area contributed by atoms with Gasteiger partial charge < -0.3 is 10.2 Å². The topological polar surface area (TPSA) is 58.4 Å². The van der Waals surface area contributed by atoms with E-state index in [2.05, 4.69) is 10.2 Å². The maximum atomic E-state index is 11.5. The van der Waals surface area contributed by atoms with E-state index in [9.17, 15) is 10.1 Å². The third-order valence-electron chi connectivity index (χ3n) is 3.76. The van der Waals surface area contributed by atoms with Crippen molar-refractivity contribution in [2.24, 2.45) is 0 Å². The van der Waals surface area contributed by atoms with Crippen molar-refractivity contribution < 1.29 is 4.92 Å². The number of hydrogen-bond donors (Lipinski definition) is 1. The molecule has 2 rings (SSSR count). The van der Waals surface area contributed by atoms with E-state index in [-0.39, 0.29) is 10.6 Å². The summed E-state index contributed by atoms with van der Waals surface area (Å²) >= 11 is 0. The lowest BCUT2D eigenvalue weighted by Crippen LogP contribution is -2.27. The lowest BCUT2D eigenvalue weighted by molar-refractivity contribution is -0.383. The Morgan fingerprint density at radius 3 is 2.45 bits per heavy atom. The van der Waals surface area contributed by atoms with Crippen molar-refractivity contribution in [2.45, 2.75) is 39.0 Å². The summed E-state index contributed by atoms with van der Waals surface area (Å²) in [4.78, 5) is 13.4. The van der Waals surface area contributed by atoms with Gasteiger partial charge in [-0.1, -0.05) is 25.3 Å². The summed E-state index contributed by atoms with van der Waals surface area (Å²) in [5.74, 6) is 0. The third kappa shape index (κ3) is 3.40. The first-order valence-corrected chi connectivity index (χ1v) is 7.50. The Labute approximate surface area is 120 Å². The van der Waals surface area contributed by atoms with Crippen LogP contribution in [0.15, 0.2) is 18.2 Å². The van der Waals surface area contributed by atoms with Gasteiger partial charge in [-0.25, -0.2) is 0 Å². The largest absolute Gasteiger partial charge is 0.380 e. The molecule has 0 aromatic heterocycles. The van der Waals surface area contributed by atoms with Crippen LogP contribution in [0.2, 0.25) is 0 Å². The molecule has 0 atom stereocenters. The number of nitrogens with zero attached hydrogens (tertiary/aromatic N) is 2. The zero-order valence-corrected chi connectivity index (χ0v) is 12.1. The molecule has 1 saturated heterocycles. The van der Waals surface area contributed by atoms with Gasteiger partial charge in [0.25, 0.3) is 0 Å². The van der Waals surface area contributed by atoms with Gasteiger partial charge in [-0.15, -0.1) is 0 Å². The first kappa shape index (κ1) is 14.6. The lowest BCUT2D eigenvalue weighted by atomic mass is 10.1. The predicted molar refractivity (Wildman–Crippen MR) is 82.6 cm³/mol. The highest BCUT2D eigenvalue weighted by molar-refractivity contribution is 5.77. The van der Waals surface area contributed by atoms with E-state index >= 15 is 0 Å². The molecule has 5 heteroatoms. The van der Waals surface area contributed by atoms with E-state index < -0.39 is 0 Å². The molecular weight excluding hydrogens is 254 g/mol. The smallest absolute Gasteiger partial charge is 0.315 e. The summed E-state index contributed by atoms with van der Waals surface area (Å²) in [5, 5.41) is 14.5. The molecule has 0 radical (unpaired) electrons. The van der Waals surface area contributed by atoms with Crippen LogP contribution in [-0.4, -0.2) is 24.6 Å². The van der Waals surface area contributed by atoms with Gasteiger partial charge in [-0.05, 0) is 31.9 Å². The molecule has 0 spiro atoms. The second-order valence-electron chi connectivity index (χ2n) is 5.22. The number of para-hydroxylation sites is 1. The minimum absolute atomic E-state index is 0.218. The summed E-state index contributed by atoms with van der Waals surface area (Å²) in [7, 11) is 0. The van der Waals surface area contributed by atoms with Gasteiger partial charge in [-0.3, -0.25) is 10.1 Å². The highest BCUT2D eigenvalue weighted by Gasteiger charge is 2.23. The van der Waals surface area contributed by atoms with E-state index in [0.717, 1.165) is 31.6 Å². The van der Waals surface area contributed by atoms with Crippen LogP contribution in [-0.2, 0) is 0 Å². The number of nitro benzene ring substituents is 1. The molecule has 5 nitrogen and oxygen atoms in total. The average Bonchev–Trinajstić information content (AvgIpc) is 2.38. The van der Waals surface area contributed by atoms with Gasteiger partial charge in [0.05, 0.1) is 4.92 Å². The van der Waals surface area contributed by atoms with Crippen molar-refractivity contribution in [1.29, 1.82) is 0 Å². The summed E-state index contributed by atoms with van der Waals surface area (Å²) in [6.45, 7) is 4.46. The maximum Gasteiger partial charge on any atom is 0.315 e. The van der Waals surface area contributed by atoms with Crippen LogP contribution in [0, 0.1) is 10.1 Å². The molecule has 1 heterocycles. The fourth-order valence-corrected chi connectivity index (χ4v) is 2.80. The van der Waals surface area contributed by atoms with Crippen molar-refractivity contribution in [3.05, 3.63) is 28.3 Å². The van der Waals surface area contributed by atoms with E-state index in [1.807, 2.05) is 19.1 Å². The SMILES string of the molecule is CCNc1cccc(N2CCCCCCC2)c1[N+](=O)[O-]. The van der Waals surface area contributed by atoms with Crippen LogP contribution >= 0.6 is 0 Å². The Morgan fingerprint density at radius 2 is 1.85 bits per heavy atom. The Bertz CT molecular complexity index is 454. The average molecular weight is 277 g/mol. The molecule has 0 bridgehead atoms. The number of nitro groups is 1. The molecule has 0 unspecified atom stereocenters. The molecular formula is C15H23N3O2. The number of benzene rings is 1. The fourth-order valence-electron chi connectivity index (χ4n) is 2.80. The molecule has 0 amide bonds. The van der Waals surface area contributed by atoms with Crippen LogP contribution in [0.3, 0.4) is 0 Å². The lowest BCUT2D eigenvalue weighted by Gasteiger charge is -2.27. The van der Waals surface area contributed by atoms with Gasteiger partial charge in [-0.2, -0.15) is 0 Å². The van der Waals surface area contributed by atoms with Gasteiger partial charge in [0, 0.05) is 19.6 Å². The summed E-state index contributed by atoms with van der Waals surface area (Å²) in [6, 6.07) is 5.56. The van der Waals surface area contributed by atoms with Crippen LogP contribution in [0.1, 0.15) is 39.0 Å². The Kier molecular flexibility index (Phi) is 5.21. The molecule has 0 saturated carbocycles. The Morgan fingerprint density at radius 1 is 1.20 bits per heavy atom. The standard InChI is InChI=1S/C15H23N3O2/c1-2-16-13-9-8-10-14(15(13)18(19)20)17-11-6-4-3-5-7-12-17/h8-10,16H,2-7,11-12H2,1H3. The van der Waals surface area contributed by atoms with Gasteiger partial charge in [0.2, 0.25) is 0 Å². The van der Waals surface area contributed by atoms with Crippen molar-refractivity contribution in [3.8, 4) is 0 Å². The van der Waals surface area contributed by atoms with Crippen molar-refractivity contribution in [2.75, 3.05) is 29.9 Å². The molecule has 1 aromatic rings. The molecule has 1 N–H and O–H groups in total. The van der Waals surface area contributed by atoms with Crippen molar-refractivity contribution in [3.63, 3.8) is 0 Å². The van der Waals surface area contributed by atoms with Gasteiger partial charge in [0.15, 0.2) is 0 Å². The Balaban J connectivity index is 2.33. The fraction of sp³-hybridized carbons (Fsp3) is 0.600. The number of anilines is 2. The second kappa shape index (κ2) is 7.12. The second-order valence-corrected chi connectivity index (χ2v) is 5.22. The summed E-state index contributed by atoms with van der Waals surface area (Å²) < 4.78 is 0. The number of nitrogens with one attached hydrogen (secondary N) is 1. The molecule has 1 aliphatic rings. The highest BCUT2D eigenvalue weighted by Crippen LogP contribution is 2.36. The first-order valence-electron chi connectivity index (χ1n) is 7.50. The zero-order valence-electron chi connectivity index (χ0n) is 12.1. The van der Waals surface area contributed by atoms with Crippen LogP contribution in [0.5, 0.6) is 0 Å². The van der Waals surface area contributed by atoms with E-state index in [4.69, 9.17) is 0 Å². The minimum Gasteiger partial charge on any atom is -0.380 e. The summed E-state index contributed by atoms with van der Waals surface area (Å²) in [5.41, 5.74) is 1.60. The Hall–Kier alpha value is -1.78. The first-order chi connectivity index (χ1) is 9.74. The molecule has 20 heavy (non-hydrogen) atoms. The minimum atomic E-state index is -0.258. The van der Waals surface area contributed by atoms with Crippen molar-refractivity contribution in [1.82, 2.24) is 0 Å². The summed E-state index contributed by atoms with van der Waals surface area (Å²) in [6.07, 6.45) is 5.95. The van der Waals surface area contributed by atoms with E-state index in [1.165, 1.54) is 19.3 Å². The quantitative estimate of drug-likeness (QED) is 0.672. The maximum absolute atomic E-state index is 11.5. The van der Waals surface area contributed by atoms with Crippen molar-refractivity contribution >= 4 is 17.1 Å². The van der Waals surface area contributed by atoms with Crippen LogP contribution < -0.4 is 10.2 Å². The normalized spacial score (nSPS) is 16.4. The monoisotopic (exact) mass is 277 g/mol. The van der Waals surface area contributed by atoms with Crippen LogP contribution in [0.25, 0.3) is 0 Å². The molecule has 0 aliphatic carbocycles. The number of rotatable bonds is 4. The predicted octanol–water partition coefficient (Wildman–Crippen LogP) is 3.80. The molecule has 110 valence electrons. The third-order valence-corrected chi connectivity index (χ3v) is 3.76. The zero-order chi connectivity index (χ0) is 14.4. The molecule has 1 aromatic carbocycles. The van der Waals surface area contributed by atoms with E-state index in [1.54, 1.807) is 6.07 Å². The van der Waals surface area contributed by atoms with Gasteiger partial charge >= 0.3 is 5.69 Å².